The van der Waals surface area contributed by atoms with Gasteiger partial charge in [-0.25, -0.2) is 9.97 Å². The van der Waals surface area contributed by atoms with Crippen LogP contribution in [-0.2, 0) is 6.18 Å². The fourth-order valence-corrected chi connectivity index (χ4v) is 3.57. The second-order valence-electron chi connectivity index (χ2n) is 5.50. The van der Waals surface area contributed by atoms with Crippen LogP contribution in [0.25, 0.3) is 0 Å². The number of thiophene rings is 1. The SMILES string of the molecule is O[C@@H](C[C@@H]1CCCN1c1nccc(C(F)(F)F)n1)c1cccs1. The van der Waals surface area contributed by atoms with E-state index in [1.807, 2.05) is 17.5 Å². The molecule has 0 aliphatic carbocycles. The highest BCUT2D eigenvalue weighted by atomic mass is 32.1. The first-order valence-electron chi connectivity index (χ1n) is 7.33. The summed E-state index contributed by atoms with van der Waals surface area (Å²) in [7, 11) is 0. The van der Waals surface area contributed by atoms with Crippen LogP contribution in [0.1, 0.15) is 35.9 Å². The average molecular weight is 343 g/mol. The molecule has 2 aromatic rings. The maximum atomic E-state index is 12.8. The topological polar surface area (TPSA) is 49.2 Å². The number of halogens is 3. The lowest BCUT2D eigenvalue weighted by atomic mass is 10.1. The molecule has 1 aliphatic heterocycles. The van der Waals surface area contributed by atoms with Gasteiger partial charge in [0.05, 0.1) is 6.10 Å². The molecule has 0 amide bonds. The summed E-state index contributed by atoms with van der Waals surface area (Å²) in [5.74, 6) is 0.0840. The molecule has 4 nitrogen and oxygen atoms in total. The van der Waals surface area contributed by atoms with E-state index in [0.29, 0.717) is 13.0 Å². The molecule has 124 valence electrons. The molecular formula is C15H16F3N3OS. The Morgan fingerprint density at radius 1 is 1.39 bits per heavy atom. The first kappa shape index (κ1) is 16.2. The molecule has 2 atom stereocenters. The average Bonchev–Trinajstić information content (AvgIpc) is 3.18. The molecule has 3 rings (SSSR count). The number of nitrogens with zero attached hydrogens (tertiary/aromatic N) is 3. The smallest absolute Gasteiger partial charge is 0.387 e. The van der Waals surface area contributed by atoms with Crippen molar-refractivity contribution < 1.29 is 18.3 Å². The Morgan fingerprint density at radius 2 is 2.22 bits per heavy atom. The van der Waals surface area contributed by atoms with E-state index in [-0.39, 0.29) is 12.0 Å². The van der Waals surface area contributed by atoms with Crippen molar-refractivity contribution >= 4 is 17.3 Å². The van der Waals surface area contributed by atoms with Gasteiger partial charge >= 0.3 is 6.18 Å². The Bertz CT molecular complexity index is 648. The molecule has 1 N–H and O–H groups in total. The number of aliphatic hydroxyl groups excluding tert-OH is 1. The number of hydrogen-bond acceptors (Lipinski definition) is 5. The monoisotopic (exact) mass is 343 g/mol. The molecule has 8 heteroatoms. The minimum absolute atomic E-state index is 0.0596. The van der Waals surface area contributed by atoms with Crippen LogP contribution in [0, 0.1) is 0 Å². The molecule has 2 aromatic heterocycles. The Hall–Kier alpha value is -1.67. The Balaban J connectivity index is 1.76. The maximum absolute atomic E-state index is 12.8. The predicted molar refractivity (Wildman–Crippen MR) is 81.3 cm³/mol. The van der Waals surface area contributed by atoms with Crippen LogP contribution in [-0.4, -0.2) is 27.7 Å². The van der Waals surface area contributed by atoms with Crippen molar-refractivity contribution in [3.63, 3.8) is 0 Å². The third-order valence-electron chi connectivity index (χ3n) is 3.93. The molecule has 0 unspecified atom stereocenters. The van der Waals surface area contributed by atoms with E-state index >= 15 is 0 Å². The molecule has 0 bridgehead atoms. The van der Waals surface area contributed by atoms with Crippen LogP contribution >= 0.6 is 11.3 Å². The second kappa shape index (κ2) is 6.45. The standard InChI is InChI=1S/C15H16F3N3OS/c16-15(17,18)13-5-6-19-14(20-13)21-7-1-3-10(21)9-11(22)12-4-2-8-23-12/h2,4-6,8,10-11,22H,1,3,7,9H2/t10-,11-/m0/s1. The van der Waals surface area contributed by atoms with Crippen molar-refractivity contribution in [2.75, 3.05) is 11.4 Å². The van der Waals surface area contributed by atoms with Crippen LogP contribution < -0.4 is 4.90 Å². The number of aliphatic hydroxyl groups is 1. The van der Waals surface area contributed by atoms with Crippen molar-refractivity contribution in [2.45, 2.75) is 37.6 Å². The highest BCUT2D eigenvalue weighted by Gasteiger charge is 2.35. The molecule has 0 radical (unpaired) electrons. The molecule has 0 spiro atoms. The molecule has 1 saturated heterocycles. The first-order valence-corrected chi connectivity index (χ1v) is 8.21. The second-order valence-corrected chi connectivity index (χ2v) is 6.48. The fourth-order valence-electron chi connectivity index (χ4n) is 2.84. The molecule has 1 aliphatic rings. The third-order valence-corrected chi connectivity index (χ3v) is 4.91. The van der Waals surface area contributed by atoms with Gasteiger partial charge in [0.25, 0.3) is 0 Å². The number of hydrogen-bond donors (Lipinski definition) is 1. The van der Waals surface area contributed by atoms with Crippen molar-refractivity contribution in [3.8, 4) is 0 Å². The van der Waals surface area contributed by atoms with Gasteiger partial charge in [-0.2, -0.15) is 13.2 Å². The molecule has 1 fully saturated rings. The summed E-state index contributed by atoms with van der Waals surface area (Å²) in [6.07, 6.45) is -1.85. The van der Waals surface area contributed by atoms with Gasteiger partial charge in [-0.05, 0) is 36.8 Å². The van der Waals surface area contributed by atoms with Crippen LogP contribution in [0.2, 0.25) is 0 Å². The van der Waals surface area contributed by atoms with Gasteiger partial charge in [0.1, 0.15) is 5.69 Å². The molecule has 3 heterocycles. The maximum Gasteiger partial charge on any atom is 0.433 e. The molecular weight excluding hydrogens is 327 g/mol. The Kier molecular flexibility index (Phi) is 4.54. The summed E-state index contributed by atoms with van der Waals surface area (Å²) in [6, 6.07) is 4.53. The summed E-state index contributed by atoms with van der Waals surface area (Å²) in [5.41, 5.74) is -0.938. The minimum Gasteiger partial charge on any atom is -0.387 e. The quantitative estimate of drug-likeness (QED) is 0.921. The lowest BCUT2D eigenvalue weighted by Gasteiger charge is -2.26. The van der Waals surface area contributed by atoms with E-state index in [2.05, 4.69) is 9.97 Å². The van der Waals surface area contributed by atoms with Crippen LogP contribution in [0.5, 0.6) is 0 Å². The number of alkyl halides is 3. The molecule has 23 heavy (non-hydrogen) atoms. The Labute approximate surface area is 135 Å². The van der Waals surface area contributed by atoms with E-state index in [0.717, 1.165) is 30.0 Å². The highest BCUT2D eigenvalue weighted by Crippen LogP contribution is 2.33. The van der Waals surface area contributed by atoms with Gasteiger partial charge in [0.2, 0.25) is 5.95 Å². The summed E-state index contributed by atoms with van der Waals surface area (Å²) >= 11 is 1.47. The van der Waals surface area contributed by atoms with Gasteiger partial charge in [0.15, 0.2) is 0 Å². The lowest BCUT2D eigenvalue weighted by molar-refractivity contribution is -0.141. The Morgan fingerprint density at radius 3 is 2.91 bits per heavy atom. The predicted octanol–water partition coefficient (Wildman–Crippen LogP) is 3.65. The number of anilines is 1. The highest BCUT2D eigenvalue weighted by molar-refractivity contribution is 7.10. The van der Waals surface area contributed by atoms with Crippen molar-refractivity contribution in [1.29, 1.82) is 0 Å². The largest absolute Gasteiger partial charge is 0.433 e. The normalized spacial score (nSPS) is 20.0. The first-order chi connectivity index (χ1) is 10.9. The van der Waals surface area contributed by atoms with Gasteiger partial charge in [0, 0.05) is 23.7 Å². The van der Waals surface area contributed by atoms with Crippen molar-refractivity contribution in [3.05, 3.63) is 40.3 Å². The zero-order valence-electron chi connectivity index (χ0n) is 12.2. The van der Waals surface area contributed by atoms with Crippen LogP contribution in [0.15, 0.2) is 29.8 Å². The van der Waals surface area contributed by atoms with Gasteiger partial charge < -0.3 is 10.0 Å². The zero-order chi connectivity index (χ0) is 16.4. The molecule has 0 saturated carbocycles. The van der Waals surface area contributed by atoms with E-state index in [1.54, 1.807) is 4.90 Å². The van der Waals surface area contributed by atoms with E-state index in [9.17, 15) is 18.3 Å². The van der Waals surface area contributed by atoms with Gasteiger partial charge in [-0.3, -0.25) is 0 Å². The summed E-state index contributed by atoms with van der Waals surface area (Å²) < 4.78 is 38.4. The van der Waals surface area contributed by atoms with E-state index < -0.39 is 18.0 Å². The summed E-state index contributed by atoms with van der Waals surface area (Å²) in [5, 5.41) is 12.2. The fraction of sp³-hybridized carbons (Fsp3) is 0.467. The number of aromatic nitrogens is 2. The van der Waals surface area contributed by atoms with Crippen LogP contribution in [0.4, 0.5) is 19.1 Å². The van der Waals surface area contributed by atoms with Gasteiger partial charge in [-0.1, -0.05) is 6.07 Å². The lowest BCUT2D eigenvalue weighted by Crippen LogP contribution is -2.32. The van der Waals surface area contributed by atoms with Gasteiger partial charge in [-0.15, -0.1) is 11.3 Å². The minimum atomic E-state index is -4.48. The van der Waals surface area contributed by atoms with E-state index in [4.69, 9.17) is 0 Å². The summed E-state index contributed by atoms with van der Waals surface area (Å²) in [4.78, 5) is 10.3. The third kappa shape index (κ3) is 3.64. The summed E-state index contributed by atoms with van der Waals surface area (Å²) in [6.45, 7) is 0.600. The zero-order valence-corrected chi connectivity index (χ0v) is 13.0. The van der Waals surface area contributed by atoms with Crippen molar-refractivity contribution in [2.24, 2.45) is 0 Å². The van der Waals surface area contributed by atoms with E-state index in [1.165, 1.54) is 11.3 Å². The molecule has 0 aromatic carbocycles. The van der Waals surface area contributed by atoms with Crippen LogP contribution in [0.3, 0.4) is 0 Å². The van der Waals surface area contributed by atoms with Crippen molar-refractivity contribution in [1.82, 2.24) is 9.97 Å². The number of rotatable bonds is 4.